The van der Waals surface area contributed by atoms with Gasteiger partial charge in [0, 0.05) is 22.7 Å². The van der Waals surface area contributed by atoms with Gasteiger partial charge in [-0.3, -0.25) is 4.90 Å². The highest BCUT2D eigenvalue weighted by molar-refractivity contribution is 7.91. The Hall–Kier alpha value is -1.36. The van der Waals surface area contributed by atoms with Crippen LogP contribution in [0.5, 0.6) is 0 Å². The van der Waals surface area contributed by atoms with E-state index in [2.05, 4.69) is 41.3 Å². The van der Waals surface area contributed by atoms with Crippen molar-refractivity contribution in [1.29, 1.82) is 0 Å². The average Bonchev–Trinajstić information content (AvgIpc) is 3.32. The summed E-state index contributed by atoms with van der Waals surface area (Å²) in [6, 6.07) is 16.0. The molecule has 0 N–H and O–H groups in total. The quantitative estimate of drug-likeness (QED) is 0.373. The van der Waals surface area contributed by atoms with Gasteiger partial charge in [-0.15, -0.1) is 0 Å². The summed E-state index contributed by atoms with van der Waals surface area (Å²) < 4.78 is 24.0. The van der Waals surface area contributed by atoms with Gasteiger partial charge in [-0.1, -0.05) is 48.9 Å². The highest BCUT2D eigenvalue weighted by atomic mass is 35.5. The van der Waals surface area contributed by atoms with Gasteiger partial charge < -0.3 is 0 Å². The molecule has 0 aromatic heterocycles. The maximum absolute atomic E-state index is 12.0. The molecule has 1 heterocycles. The van der Waals surface area contributed by atoms with Crippen molar-refractivity contribution < 1.29 is 8.42 Å². The molecule has 2 aromatic carbocycles. The third-order valence-electron chi connectivity index (χ3n) is 7.42. The Balaban J connectivity index is 1.51. The van der Waals surface area contributed by atoms with Crippen LogP contribution in [-0.4, -0.2) is 44.0 Å². The standard InChI is InChI=1S/C28H38ClNO2S/c1-2-17-33(31,32)18-6-3-8-22-11-12-24-13-14-28(30-15-4-5-16-30)27(26(24)20-22)21-23-9-7-10-25(29)19-23/h7,9-12,19-20,27-28H,2-6,8,13-18,21H2,1H3. The van der Waals surface area contributed by atoms with Crippen LogP contribution in [0.25, 0.3) is 0 Å². The zero-order valence-electron chi connectivity index (χ0n) is 19.9. The van der Waals surface area contributed by atoms with Crippen molar-refractivity contribution in [2.45, 2.75) is 76.7 Å². The van der Waals surface area contributed by atoms with Gasteiger partial charge in [0.25, 0.3) is 0 Å². The fourth-order valence-electron chi connectivity index (χ4n) is 5.82. The second-order valence-electron chi connectivity index (χ2n) is 9.93. The molecule has 2 aliphatic rings. The molecule has 3 nitrogen and oxygen atoms in total. The first-order chi connectivity index (χ1) is 15.9. The van der Waals surface area contributed by atoms with Crippen molar-refractivity contribution in [1.82, 2.24) is 4.90 Å². The molecule has 0 amide bonds. The summed E-state index contributed by atoms with van der Waals surface area (Å²) in [5.41, 5.74) is 5.66. The first-order valence-corrected chi connectivity index (χ1v) is 15.0. The molecule has 0 bridgehead atoms. The van der Waals surface area contributed by atoms with Crippen molar-refractivity contribution in [2.75, 3.05) is 24.6 Å². The number of likely N-dealkylation sites (tertiary alicyclic amines) is 1. The number of halogens is 1. The zero-order valence-corrected chi connectivity index (χ0v) is 21.5. The second-order valence-corrected chi connectivity index (χ2v) is 12.7. The van der Waals surface area contributed by atoms with Gasteiger partial charge >= 0.3 is 0 Å². The van der Waals surface area contributed by atoms with Crippen LogP contribution in [0.15, 0.2) is 42.5 Å². The van der Waals surface area contributed by atoms with E-state index in [1.165, 1.54) is 54.6 Å². The molecule has 33 heavy (non-hydrogen) atoms. The summed E-state index contributed by atoms with van der Waals surface area (Å²) in [6.07, 6.45) is 9.37. The first-order valence-electron chi connectivity index (χ1n) is 12.8. The van der Waals surface area contributed by atoms with Gasteiger partial charge in [-0.25, -0.2) is 8.42 Å². The number of nitrogens with zero attached hydrogens (tertiary/aromatic N) is 1. The van der Waals surface area contributed by atoms with Gasteiger partial charge in [0.05, 0.1) is 5.75 Å². The van der Waals surface area contributed by atoms with E-state index in [0.29, 0.717) is 29.9 Å². The minimum Gasteiger partial charge on any atom is -0.300 e. The third-order valence-corrected chi connectivity index (χ3v) is 9.60. The van der Waals surface area contributed by atoms with E-state index in [9.17, 15) is 8.42 Å². The molecule has 180 valence electrons. The maximum atomic E-state index is 12.0. The number of hydrogen-bond donors (Lipinski definition) is 0. The topological polar surface area (TPSA) is 37.4 Å². The molecule has 2 unspecified atom stereocenters. The van der Waals surface area contributed by atoms with Crippen molar-refractivity contribution in [3.05, 3.63) is 69.7 Å². The summed E-state index contributed by atoms with van der Waals surface area (Å²) in [6.45, 7) is 4.37. The molecule has 2 atom stereocenters. The summed E-state index contributed by atoms with van der Waals surface area (Å²) in [5, 5.41) is 0.813. The summed E-state index contributed by atoms with van der Waals surface area (Å²) in [7, 11) is -2.88. The fourth-order valence-corrected chi connectivity index (χ4v) is 7.51. The van der Waals surface area contributed by atoms with E-state index < -0.39 is 9.84 Å². The number of fused-ring (bicyclic) bond motifs is 1. The Morgan fingerprint density at radius 3 is 2.58 bits per heavy atom. The van der Waals surface area contributed by atoms with Crippen molar-refractivity contribution in [3.8, 4) is 0 Å². The first kappa shape index (κ1) is 24.8. The lowest BCUT2D eigenvalue weighted by Crippen LogP contribution is -2.41. The van der Waals surface area contributed by atoms with E-state index in [1.807, 2.05) is 13.0 Å². The van der Waals surface area contributed by atoms with Crippen LogP contribution in [0.2, 0.25) is 5.02 Å². The van der Waals surface area contributed by atoms with Gasteiger partial charge in [0.1, 0.15) is 9.84 Å². The minimum absolute atomic E-state index is 0.314. The summed E-state index contributed by atoms with van der Waals surface area (Å²) in [5.74, 6) is 1.12. The smallest absolute Gasteiger partial charge is 0.150 e. The second kappa shape index (κ2) is 11.4. The Morgan fingerprint density at radius 2 is 1.82 bits per heavy atom. The maximum Gasteiger partial charge on any atom is 0.150 e. The lowest BCUT2D eigenvalue weighted by atomic mass is 9.75. The predicted octanol–water partition coefficient (Wildman–Crippen LogP) is 6.22. The normalized spacial score (nSPS) is 21.3. The van der Waals surface area contributed by atoms with E-state index >= 15 is 0 Å². The van der Waals surface area contributed by atoms with Crippen LogP contribution >= 0.6 is 11.6 Å². The molecule has 1 saturated heterocycles. The van der Waals surface area contributed by atoms with E-state index in [0.717, 1.165) is 37.1 Å². The average molecular weight is 488 g/mol. The summed E-state index contributed by atoms with van der Waals surface area (Å²) >= 11 is 6.32. The third kappa shape index (κ3) is 6.61. The van der Waals surface area contributed by atoms with Crippen LogP contribution in [0.1, 0.15) is 73.6 Å². The molecule has 1 aliphatic heterocycles. The molecule has 4 rings (SSSR count). The largest absolute Gasteiger partial charge is 0.300 e. The minimum atomic E-state index is -2.88. The molecule has 0 radical (unpaired) electrons. The van der Waals surface area contributed by atoms with E-state index in [1.54, 1.807) is 0 Å². The van der Waals surface area contributed by atoms with Gasteiger partial charge in [-0.2, -0.15) is 0 Å². The van der Waals surface area contributed by atoms with Crippen LogP contribution in [0, 0.1) is 0 Å². The number of unbranched alkanes of at least 4 members (excludes halogenated alkanes) is 1. The number of benzene rings is 2. The molecule has 5 heteroatoms. The zero-order chi connectivity index (χ0) is 23.3. The molecule has 2 aromatic rings. The Kier molecular flexibility index (Phi) is 8.53. The van der Waals surface area contributed by atoms with Gasteiger partial charge in [-0.05, 0) is 105 Å². The number of hydrogen-bond acceptors (Lipinski definition) is 3. The Morgan fingerprint density at radius 1 is 1.00 bits per heavy atom. The van der Waals surface area contributed by atoms with Gasteiger partial charge in [0.15, 0.2) is 0 Å². The lowest BCUT2D eigenvalue weighted by Gasteiger charge is -2.40. The highest BCUT2D eigenvalue weighted by Gasteiger charge is 2.34. The molecule has 0 saturated carbocycles. The highest BCUT2D eigenvalue weighted by Crippen LogP contribution is 2.39. The molecule has 1 fully saturated rings. The fraction of sp³-hybridized carbons (Fsp3) is 0.571. The van der Waals surface area contributed by atoms with Crippen molar-refractivity contribution in [3.63, 3.8) is 0 Å². The van der Waals surface area contributed by atoms with Crippen LogP contribution in [-0.2, 0) is 29.1 Å². The lowest BCUT2D eigenvalue weighted by molar-refractivity contribution is 0.188. The van der Waals surface area contributed by atoms with Crippen LogP contribution < -0.4 is 0 Å². The van der Waals surface area contributed by atoms with Crippen molar-refractivity contribution in [2.24, 2.45) is 0 Å². The molecule has 0 spiro atoms. The van der Waals surface area contributed by atoms with Crippen LogP contribution in [0.3, 0.4) is 0 Å². The molecule has 1 aliphatic carbocycles. The Bertz CT molecular complexity index is 1030. The molecular weight excluding hydrogens is 450 g/mol. The monoisotopic (exact) mass is 487 g/mol. The van der Waals surface area contributed by atoms with Crippen LogP contribution in [0.4, 0.5) is 0 Å². The SMILES string of the molecule is CCCS(=O)(=O)CCCCc1ccc2c(c1)C(Cc1cccc(Cl)c1)C(N1CCCC1)CC2. The van der Waals surface area contributed by atoms with Crippen molar-refractivity contribution >= 4 is 21.4 Å². The van der Waals surface area contributed by atoms with E-state index in [-0.39, 0.29) is 0 Å². The number of rotatable bonds is 10. The summed E-state index contributed by atoms with van der Waals surface area (Å²) in [4.78, 5) is 2.73. The number of sulfone groups is 1. The number of aryl methyl sites for hydroxylation is 2. The van der Waals surface area contributed by atoms with E-state index in [4.69, 9.17) is 11.6 Å². The predicted molar refractivity (Wildman–Crippen MR) is 139 cm³/mol. The van der Waals surface area contributed by atoms with Gasteiger partial charge in [0.2, 0.25) is 0 Å². The Labute approximate surface area is 205 Å². The molecular formula is C28H38ClNO2S.